The van der Waals surface area contributed by atoms with E-state index in [9.17, 15) is 8.42 Å². The largest absolute Gasteiger partial charge is 0.436 e. The monoisotopic (exact) mass is 308 g/mol. The summed E-state index contributed by atoms with van der Waals surface area (Å²) in [6.07, 6.45) is 0. The molecule has 20 heavy (non-hydrogen) atoms. The van der Waals surface area contributed by atoms with Crippen LogP contribution in [0.1, 0.15) is 5.56 Å². The zero-order chi connectivity index (χ0) is 14.3. The normalized spacial score (nSPS) is 15.6. The fourth-order valence-electron chi connectivity index (χ4n) is 1.85. The van der Waals surface area contributed by atoms with E-state index in [4.69, 9.17) is 22.1 Å². The van der Waals surface area contributed by atoms with E-state index in [2.05, 4.69) is 4.40 Å². The van der Waals surface area contributed by atoms with Crippen molar-refractivity contribution in [2.75, 3.05) is 5.73 Å². The third kappa shape index (κ3) is 2.13. The van der Waals surface area contributed by atoms with Gasteiger partial charge in [0.25, 0.3) is 10.0 Å². The molecule has 0 bridgehead atoms. The molecule has 1 aliphatic rings. The lowest BCUT2D eigenvalue weighted by Crippen LogP contribution is -2.08. The minimum Gasteiger partial charge on any atom is -0.436 e. The standard InChI is InChI=1S/C13H9ClN2O3S/c14-10-7-8(15)5-6-11(10)19-13-9-3-1-2-4-12(9)20(17,18)16-13/h1-7H,15H2. The Balaban J connectivity index is 2.05. The van der Waals surface area contributed by atoms with Gasteiger partial charge in [0.1, 0.15) is 10.6 Å². The highest BCUT2D eigenvalue weighted by atomic mass is 35.5. The van der Waals surface area contributed by atoms with Crippen molar-refractivity contribution in [3.63, 3.8) is 0 Å². The van der Waals surface area contributed by atoms with Crippen LogP contribution in [0, 0.1) is 0 Å². The molecule has 0 aliphatic carbocycles. The Morgan fingerprint density at radius 2 is 1.90 bits per heavy atom. The van der Waals surface area contributed by atoms with Crippen LogP contribution in [0.25, 0.3) is 0 Å². The fraction of sp³-hybridized carbons (Fsp3) is 0. The van der Waals surface area contributed by atoms with E-state index in [1.165, 1.54) is 12.1 Å². The van der Waals surface area contributed by atoms with Gasteiger partial charge in [-0.15, -0.1) is 4.40 Å². The summed E-state index contributed by atoms with van der Waals surface area (Å²) >= 11 is 6.00. The molecule has 5 nitrogen and oxygen atoms in total. The van der Waals surface area contributed by atoms with Crippen LogP contribution in [0.2, 0.25) is 5.02 Å². The topological polar surface area (TPSA) is 81.8 Å². The Morgan fingerprint density at radius 1 is 1.15 bits per heavy atom. The van der Waals surface area contributed by atoms with Gasteiger partial charge in [-0.3, -0.25) is 0 Å². The lowest BCUT2D eigenvalue weighted by atomic mass is 10.2. The maximum absolute atomic E-state index is 11.9. The van der Waals surface area contributed by atoms with E-state index in [1.54, 1.807) is 30.3 Å². The number of hydrogen-bond acceptors (Lipinski definition) is 4. The lowest BCUT2D eigenvalue weighted by Gasteiger charge is -2.07. The van der Waals surface area contributed by atoms with Gasteiger partial charge >= 0.3 is 0 Å². The minimum atomic E-state index is -3.70. The van der Waals surface area contributed by atoms with Crippen LogP contribution in [0.15, 0.2) is 51.8 Å². The van der Waals surface area contributed by atoms with Crippen LogP contribution in [-0.2, 0) is 10.0 Å². The molecule has 2 N–H and O–H groups in total. The average molecular weight is 309 g/mol. The van der Waals surface area contributed by atoms with Crippen LogP contribution in [0.5, 0.6) is 5.75 Å². The molecule has 0 atom stereocenters. The van der Waals surface area contributed by atoms with Crippen LogP contribution >= 0.6 is 11.6 Å². The van der Waals surface area contributed by atoms with Crippen molar-refractivity contribution >= 4 is 33.2 Å². The Bertz CT molecular complexity index is 831. The Labute approximate surface area is 120 Å². The number of nitrogens with two attached hydrogens (primary N) is 1. The number of sulfonamides is 1. The molecule has 3 rings (SSSR count). The summed E-state index contributed by atoms with van der Waals surface area (Å²) in [5.41, 5.74) is 6.50. The first kappa shape index (κ1) is 13.0. The summed E-state index contributed by atoms with van der Waals surface area (Å²) in [6.45, 7) is 0. The first-order valence-corrected chi connectivity index (χ1v) is 7.46. The number of anilines is 1. The van der Waals surface area contributed by atoms with E-state index in [0.29, 0.717) is 17.0 Å². The molecule has 1 heterocycles. The number of hydrogen-bond donors (Lipinski definition) is 1. The molecule has 0 spiro atoms. The summed E-state index contributed by atoms with van der Waals surface area (Å²) < 4.78 is 32.9. The third-order valence-electron chi connectivity index (χ3n) is 2.76. The second-order valence-corrected chi connectivity index (χ2v) is 6.14. The number of halogens is 1. The predicted octanol–water partition coefficient (Wildman–Crippen LogP) is 2.45. The maximum atomic E-state index is 11.9. The van der Waals surface area contributed by atoms with Gasteiger partial charge in [0.05, 0.1) is 10.6 Å². The molecule has 0 amide bonds. The second-order valence-electron chi connectivity index (χ2n) is 4.16. The van der Waals surface area contributed by atoms with Gasteiger partial charge in [0, 0.05) is 5.69 Å². The minimum absolute atomic E-state index is 0.00673. The van der Waals surface area contributed by atoms with Crippen LogP contribution in [0.3, 0.4) is 0 Å². The Morgan fingerprint density at radius 3 is 2.65 bits per heavy atom. The summed E-state index contributed by atoms with van der Waals surface area (Å²) in [7, 11) is -3.70. The molecular weight excluding hydrogens is 300 g/mol. The Kier molecular flexibility index (Phi) is 2.92. The van der Waals surface area contributed by atoms with E-state index in [-0.39, 0.29) is 15.8 Å². The first-order valence-electron chi connectivity index (χ1n) is 5.64. The number of benzene rings is 2. The molecule has 2 aromatic rings. The average Bonchev–Trinajstić information content (AvgIpc) is 2.65. The van der Waals surface area contributed by atoms with Crippen LogP contribution < -0.4 is 10.5 Å². The van der Waals surface area contributed by atoms with Gasteiger partial charge in [-0.1, -0.05) is 23.7 Å². The molecule has 0 radical (unpaired) electrons. The van der Waals surface area contributed by atoms with Crippen LogP contribution in [0.4, 0.5) is 5.69 Å². The van der Waals surface area contributed by atoms with Gasteiger partial charge in [-0.25, -0.2) is 0 Å². The van der Waals surface area contributed by atoms with Gasteiger partial charge in [0.2, 0.25) is 5.90 Å². The summed E-state index contributed by atoms with van der Waals surface area (Å²) in [5, 5.41) is 0.287. The van der Waals surface area contributed by atoms with Gasteiger partial charge in [-0.2, -0.15) is 8.42 Å². The molecule has 2 aromatic carbocycles. The van der Waals surface area contributed by atoms with Crippen molar-refractivity contribution in [1.82, 2.24) is 0 Å². The van der Waals surface area contributed by atoms with Gasteiger partial charge in [-0.05, 0) is 30.3 Å². The number of nitrogen functional groups attached to an aromatic ring is 1. The maximum Gasteiger partial charge on any atom is 0.286 e. The SMILES string of the molecule is Nc1ccc(OC2=NS(=O)(=O)c3ccccc32)c(Cl)c1. The van der Waals surface area contributed by atoms with Crippen molar-refractivity contribution in [3.8, 4) is 5.75 Å². The van der Waals surface area contributed by atoms with E-state index < -0.39 is 10.0 Å². The van der Waals surface area contributed by atoms with E-state index in [1.807, 2.05) is 0 Å². The van der Waals surface area contributed by atoms with Gasteiger partial charge < -0.3 is 10.5 Å². The molecule has 1 aliphatic heterocycles. The predicted molar refractivity (Wildman–Crippen MR) is 76.7 cm³/mol. The number of nitrogens with zero attached hydrogens (tertiary/aromatic N) is 1. The molecule has 0 fully saturated rings. The van der Waals surface area contributed by atoms with Crippen molar-refractivity contribution in [2.45, 2.75) is 4.90 Å². The highest BCUT2D eigenvalue weighted by Crippen LogP contribution is 2.31. The highest BCUT2D eigenvalue weighted by molar-refractivity contribution is 7.90. The van der Waals surface area contributed by atoms with Crippen molar-refractivity contribution in [1.29, 1.82) is 0 Å². The zero-order valence-electron chi connectivity index (χ0n) is 10.1. The van der Waals surface area contributed by atoms with Crippen molar-refractivity contribution in [2.24, 2.45) is 4.40 Å². The first-order chi connectivity index (χ1) is 9.47. The summed E-state index contributed by atoms with van der Waals surface area (Å²) in [4.78, 5) is 0.126. The summed E-state index contributed by atoms with van der Waals surface area (Å²) in [5.74, 6) is 0.304. The van der Waals surface area contributed by atoms with E-state index in [0.717, 1.165) is 0 Å². The van der Waals surface area contributed by atoms with Crippen molar-refractivity contribution in [3.05, 3.63) is 53.1 Å². The number of ether oxygens (including phenoxy) is 1. The molecule has 7 heteroatoms. The smallest absolute Gasteiger partial charge is 0.286 e. The second kappa shape index (κ2) is 4.50. The molecule has 0 unspecified atom stereocenters. The molecule has 0 aromatic heterocycles. The molecule has 0 saturated carbocycles. The zero-order valence-corrected chi connectivity index (χ0v) is 11.6. The molecule has 0 saturated heterocycles. The highest BCUT2D eigenvalue weighted by Gasteiger charge is 2.30. The number of rotatable bonds is 1. The van der Waals surface area contributed by atoms with Gasteiger partial charge in [0.15, 0.2) is 0 Å². The Hall–Kier alpha value is -2.05. The lowest BCUT2D eigenvalue weighted by molar-refractivity contribution is 0.554. The van der Waals surface area contributed by atoms with E-state index >= 15 is 0 Å². The molecular formula is C13H9ClN2O3S. The number of fused-ring (bicyclic) bond motifs is 1. The quantitative estimate of drug-likeness (QED) is 0.820. The van der Waals surface area contributed by atoms with Crippen LogP contribution in [-0.4, -0.2) is 14.3 Å². The third-order valence-corrected chi connectivity index (χ3v) is 4.37. The van der Waals surface area contributed by atoms with Crippen molar-refractivity contribution < 1.29 is 13.2 Å². The summed E-state index contributed by atoms with van der Waals surface area (Å²) in [6, 6.07) is 11.1. The fourth-order valence-corrected chi connectivity index (χ4v) is 3.22. The molecule has 102 valence electrons.